The second-order valence-corrected chi connectivity index (χ2v) is 6.54. The highest BCUT2D eigenvalue weighted by molar-refractivity contribution is 5.94. The number of carbonyl (C=O) groups excluding carboxylic acids is 2. The highest BCUT2D eigenvalue weighted by atomic mass is 16.5. The highest BCUT2D eigenvalue weighted by Crippen LogP contribution is 2.16. The molecule has 0 aromatic heterocycles. The summed E-state index contributed by atoms with van der Waals surface area (Å²) >= 11 is 0. The molecule has 1 aliphatic rings. The molecule has 6 nitrogen and oxygen atoms in total. The molecule has 1 atom stereocenters. The Morgan fingerprint density at radius 2 is 1.81 bits per heavy atom. The van der Waals surface area contributed by atoms with Crippen LogP contribution in [0.5, 0.6) is 0 Å². The lowest BCUT2D eigenvalue weighted by atomic mass is 10.1. The van der Waals surface area contributed by atoms with Crippen LogP contribution in [-0.4, -0.2) is 31.2 Å². The maximum absolute atomic E-state index is 12.1. The smallest absolute Gasteiger partial charge is 0.315 e. The average Bonchev–Trinajstić information content (AvgIpc) is 3.23. The Bertz CT molecular complexity index is 758. The van der Waals surface area contributed by atoms with Gasteiger partial charge in [-0.25, -0.2) is 4.79 Å². The summed E-state index contributed by atoms with van der Waals surface area (Å²) < 4.78 is 5.39. The van der Waals surface area contributed by atoms with Crippen LogP contribution in [-0.2, 0) is 22.5 Å². The molecule has 0 radical (unpaired) electrons. The van der Waals surface area contributed by atoms with Gasteiger partial charge < -0.3 is 20.7 Å². The maximum Gasteiger partial charge on any atom is 0.315 e. The summed E-state index contributed by atoms with van der Waals surface area (Å²) in [7, 11) is 0. The van der Waals surface area contributed by atoms with E-state index in [1.165, 1.54) is 5.56 Å². The van der Waals surface area contributed by atoms with E-state index in [4.69, 9.17) is 4.74 Å². The van der Waals surface area contributed by atoms with E-state index in [-0.39, 0.29) is 18.0 Å². The molecule has 6 heteroatoms. The minimum Gasteiger partial charge on any atom is -0.368 e. The van der Waals surface area contributed by atoms with E-state index in [1.54, 1.807) is 0 Å². The van der Waals surface area contributed by atoms with Gasteiger partial charge in [0.2, 0.25) is 0 Å². The average molecular weight is 367 g/mol. The van der Waals surface area contributed by atoms with Crippen molar-refractivity contribution in [3.63, 3.8) is 0 Å². The zero-order valence-corrected chi connectivity index (χ0v) is 15.2. The standard InChI is InChI=1S/C21H25N3O3/c25-20(19-10-5-13-27-19)24-18-9-4-8-17(14-18)15-23-21(26)22-12-11-16-6-2-1-3-7-16/h1-4,6-9,14,19H,5,10-13,15H2,(H,24,25)(H2,22,23,26)/t19-/m1/s1. The number of hydrogen-bond acceptors (Lipinski definition) is 3. The Morgan fingerprint density at radius 1 is 1.00 bits per heavy atom. The lowest BCUT2D eigenvalue weighted by Crippen LogP contribution is -2.36. The van der Waals surface area contributed by atoms with Gasteiger partial charge in [-0.2, -0.15) is 0 Å². The van der Waals surface area contributed by atoms with Crippen LogP contribution in [0.25, 0.3) is 0 Å². The van der Waals surface area contributed by atoms with Crippen molar-refractivity contribution in [2.24, 2.45) is 0 Å². The molecule has 0 bridgehead atoms. The second-order valence-electron chi connectivity index (χ2n) is 6.54. The summed E-state index contributed by atoms with van der Waals surface area (Å²) in [5.41, 5.74) is 2.81. The number of benzene rings is 2. The number of carbonyl (C=O) groups is 2. The van der Waals surface area contributed by atoms with Gasteiger partial charge in [-0.05, 0) is 42.5 Å². The van der Waals surface area contributed by atoms with Gasteiger partial charge in [-0.1, -0.05) is 42.5 Å². The van der Waals surface area contributed by atoms with Crippen molar-refractivity contribution in [2.45, 2.75) is 31.9 Å². The van der Waals surface area contributed by atoms with Crippen LogP contribution in [0.1, 0.15) is 24.0 Å². The van der Waals surface area contributed by atoms with Gasteiger partial charge in [0.1, 0.15) is 6.10 Å². The van der Waals surface area contributed by atoms with Crippen LogP contribution < -0.4 is 16.0 Å². The molecule has 27 heavy (non-hydrogen) atoms. The molecule has 0 aliphatic carbocycles. The summed E-state index contributed by atoms with van der Waals surface area (Å²) in [6.45, 7) is 1.61. The summed E-state index contributed by atoms with van der Waals surface area (Å²) in [6.07, 6.45) is 2.11. The lowest BCUT2D eigenvalue weighted by molar-refractivity contribution is -0.124. The number of hydrogen-bond donors (Lipinski definition) is 3. The SMILES string of the molecule is O=C(NCCc1ccccc1)NCc1cccc(NC(=O)[C@H]2CCCO2)c1. The van der Waals surface area contributed by atoms with Crippen molar-refractivity contribution in [1.29, 1.82) is 0 Å². The lowest BCUT2D eigenvalue weighted by Gasteiger charge is -2.12. The summed E-state index contributed by atoms with van der Waals surface area (Å²) in [5.74, 6) is -0.115. The first-order valence-electron chi connectivity index (χ1n) is 9.28. The van der Waals surface area contributed by atoms with Crippen molar-refractivity contribution in [1.82, 2.24) is 10.6 Å². The molecule has 0 saturated carbocycles. The van der Waals surface area contributed by atoms with E-state index in [0.717, 1.165) is 24.8 Å². The van der Waals surface area contributed by atoms with Crippen molar-refractivity contribution in [3.05, 3.63) is 65.7 Å². The van der Waals surface area contributed by atoms with E-state index in [9.17, 15) is 9.59 Å². The number of rotatable bonds is 7. The summed E-state index contributed by atoms with van der Waals surface area (Å²) in [5, 5.41) is 8.55. The topological polar surface area (TPSA) is 79.5 Å². The van der Waals surface area contributed by atoms with Gasteiger partial charge in [0.15, 0.2) is 0 Å². The fraction of sp³-hybridized carbons (Fsp3) is 0.333. The van der Waals surface area contributed by atoms with Crippen LogP contribution in [0, 0.1) is 0 Å². The number of nitrogens with one attached hydrogen (secondary N) is 3. The van der Waals surface area contributed by atoms with Crippen molar-refractivity contribution < 1.29 is 14.3 Å². The van der Waals surface area contributed by atoms with Crippen LogP contribution in [0.15, 0.2) is 54.6 Å². The largest absolute Gasteiger partial charge is 0.368 e. The third kappa shape index (κ3) is 6.11. The Hall–Kier alpha value is -2.86. The van der Waals surface area contributed by atoms with E-state index < -0.39 is 0 Å². The first-order valence-corrected chi connectivity index (χ1v) is 9.28. The van der Waals surface area contributed by atoms with Gasteiger partial charge in [0.25, 0.3) is 5.91 Å². The summed E-state index contributed by atoms with van der Waals surface area (Å²) in [4.78, 5) is 24.0. The van der Waals surface area contributed by atoms with E-state index in [2.05, 4.69) is 16.0 Å². The van der Waals surface area contributed by atoms with E-state index in [0.29, 0.717) is 25.4 Å². The van der Waals surface area contributed by atoms with Gasteiger partial charge in [-0.3, -0.25) is 4.79 Å². The normalized spacial score (nSPS) is 15.9. The monoisotopic (exact) mass is 367 g/mol. The zero-order chi connectivity index (χ0) is 18.9. The van der Waals surface area contributed by atoms with Crippen molar-refractivity contribution in [3.8, 4) is 0 Å². The quantitative estimate of drug-likeness (QED) is 0.704. The summed E-state index contributed by atoms with van der Waals surface area (Å²) in [6, 6.07) is 17.3. The Labute approximate surface area is 159 Å². The first-order chi connectivity index (χ1) is 13.2. The third-order valence-electron chi connectivity index (χ3n) is 4.41. The minimum absolute atomic E-state index is 0.115. The zero-order valence-electron chi connectivity index (χ0n) is 15.2. The minimum atomic E-state index is -0.359. The Balaban J connectivity index is 1.41. The fourth-order valence-electron chi connectivity index (χ4n) is 2.98. The molecule has 3 amide bonds. The van der Waals surface area contributed by atoms with E-state index >= 15 is 0 Å². The van der Waals surface area contributed by atoms with Crippen LogP contribution in [0.4, 0.5) is 10.5 Å². The molecule has 3 N–H and O–H groups in total. The molecular weight excluding hydrogens is 342 g/mol. The predicted octanol–water partition coefficient (Wildman–Crippen LogP) is 2.85. The molecule has 1 fully saturated rings. The fourth-order valence-corrected chi connectivity index (χ4v) is 2.98. The molecule has 2 aromatic carbocycles. The van der Waals surface area contributed by atoms with Crippen molar-refractivity contribution >= 4 is 17.6 Å². The van der Waals surface area contributed by atoms with Crippen molar-refractivity contribution in [2.75, 3.05) is 18.5 Å². The predicted molar refractivity (Wildman–Crippen MR) is 104 cm³/mol. The molecule has 1 saturated heterocycles. The molecule has 1 aliphatic heterocycles. The molecule has 0 unspecified atom stereocenters. The first kappa shape index (κ1) is 18.9. The maximum atomic E-state index is 12.1. The van der Waals surface area contributed by atoms with Gasteiger partial charge in [-0.15, -0.1) is 0 Å². The number of ether oxygens (including phenoxy) is 1. The number of urea groups is 1. The Morgan fingerprint density at radius 3 is 2.59 bits per heavy atom. The van der Waals surface area contributed by atoms with E-state index in [1.807, 2.05) is 54.6 Å². The second kappa shape index (κ2) is 9.73. The third-order valence-corrected chi connectivity index (χ3v) is 4.41. The number of amides is 3. The van der Waals surface area contributed by atoms with Crippen LogP contribution in [0.2, 0.25) is 0 Å². The van der Waals surface area contributed by atoms with Gasteiger partial charge >= 0.3 is 6.03 Å². The Kier molecular flexibility index (Phi) is 6.82. The molecule has 3 rings (SSSR count). The molecule has 1 heterocycles. The molecule has 142 valence electrons. The highest BCUT2D eigenvalue weighted by Gasteiger charge is 2.23. The van der Waals surface area contributed by atoms with Crippen LogP contribution >= 0.6 is 0 Å². The number of anilines is 1. The van der Waals surface area contributed by atoms with Gasteiger partial charge in [0, 0.05) is 25.4 Å². The molecule has 0 spiro atoms. The molecule has 2 aromatic rings. The molecular formula is C21H25N3O3. The van der Waals surface area contributed by atoms with Gasteiger partial charge in [0.05, 0.1) is 0 Å². The van der Waals surface area contributed by atoms with Crippen LogP contribution in [0.3, 0.4) is 0 Å².